The lowest BCUT2D eigenvalue weighted by Gasteiger charge is -2.39. The summed E-state index contributed by atoms with van der Waals surface area (Å²) in [4.78, 5) is 27.0. The zero-order chi connectivity index (χ0) is 19.8. The Balaban J connectivity index is 1.86. The second kappa shape index (κ2) is 7.28. The summed E-state index contributed by atoms with van der Waals surface area (Å²) in [6.07, 6.45) is 2.49. The van der Waals surface area contributed by atoms with Gasteiger partial charge in [0, 0.05) is 34.5 Å². The Bertz CT molecular complexity index is 990. The van der Waals surface area contributed by atoms with Crippen LogP contribution in [0.5, 0.6) is 5.75 Å². The number of nitrogens with one attached hydrogen (secondary N) is 1. The molecule has 0 saturated carbocycles. The number of hydrogen-bond acceptors (Lipinski definition) is 6. The number of ketones is 1. The van der Waals surface area contributed by atoms with Crippen molar-refractivity contribution in [1.82, 2.24) is 5.32 Å². The van der Waals surface area contributed by atoms with Gasteiger partial charge in [0.1, 0.15) is 11.5 Å². The fraction of sp³-hybridized carbons (Fsp3) is 0.273. The van der Waals surface area contributed by atoms with Crippen LogP contribution in [0.1, 0.15) is 35.6 Å². The van der Waals surface area contributed by atoms with Crippen molar-refractivity contribution >= 4 is 23.1 Å². The molecule has 1 aromatic carbocycles. The summed E-state index contributed by atoms with van der Waals surface area (Å²) < 4.78 is 5.01. The van der Waals surface area contributed by atoms with Gasteiger partial charge >= 0.3 is 5.97 Å². The number of esters is 1. The Labute approximate surface area is 167 Å². The van der Waals surface area contributed by atoms with E-state index in [9.17, 15) is 14.7 Å². The molecule has 2 aliphatic rings. The summed E-state index contributed by atoms with van der Waals surface area (Å²) in [6, 6.07) is 10.8. The molecule has 1 aliphatic carbocycles. The predicted molar refractivity (Wildman–Crippen MR) is 107 cm³/mol. The minimum absolute atomic E-state index is 0.0311. The minimum Gasteiger partial charge on any atom is -0.508 e. The number of Topliss-reactive ketones (excluding diaryl/α,β-unsaturated/α-hetero) is 1. The number of methoxy groups -OCH3 is 1. The van der Waals surface area contributed by atoms with E-state index in [0.29, 0.717) is 17.7 Å². The zero-order valence-corrected chi connectivity index (χ0v) is 16.5. The fourth-order valence-corrected chi connectivity index (χ4v) is 5.02. The van der Waals surface area contributed by atoms with E-state index >= 15 is 0 Å². The van der Waals surface area contributed by atoms with Gasteiger partial charge < -0.3 is 15.2 Å². The molecule has 28 heavy (non-hydrogen) atoms. The molecule has 0 bridgehead atoms. The molecular formula is C22H21NO4S. The average Bonchev–Trinajstić information content (AvgIpc) is 3.21. The van der Waals surface area contributed by atoms with Crippen LogP contribution >= 0.6 is 11.3 Å². The third kappa shape index (κ3) is 3.14. The van der Waals surface area contributed by atoms with Gasteiger partial charge in [-0.05, 0) is 36.1 Å². The number of carbonyl (C=O) groups excluding carboxylic acids is 2. The molecule has 0 fully saturated rings. The normalized spacial score (nSPS) is 24.3. The first-order valence-electron chi connectivity index (χ1n) is 9.12. The quantitative estimate of drug-likeness (QED) is 0.772. The van der Waals surface area contributed by atoms with Crippen LogP contribution in [0, 0.1) is 5.92 Å². The van der Waals surface area contributed by atoms with E-state index in [1.165, 1.54) is 7.11 Å². The summed E-state index contributed by atoms with van der Waals surface area (Å²) in [5.41, 5.74) is 2.63. The molecule has 144 valence electrons. The Kier molecular flexibility index (Phi) is 4.81. The van der Waals surface area contributed by atoms with E-state index in [0.717, 1.165) is 16.1 Å². The molecule has 1 aromatic heterocycles. The molecule has 0 amide bonds. The Morgan fingerprint density at radius 2 is 2.07 bits per heavy atom. The maximum Gasteiger partial charge on any atom is 0.336 e. The summed E-state index contributed by atoms with van der Waals surface area (Å²) in [5, 5.41) is 15.3. The monoisotopic (exact) mass is 395 g/mol. The third-order valence-electron chi connectivity index (χ3n) is 5.41. The van der Waals surface area contributed by atoms with E-state index in [-0.39, 0.29) is 17.5 Å². The Morgan fingerprint density at radius 1 is 1.25 bits per heavy atom. The molecule has 0 spiro atoms. The maximum atomic E-state index is 13.3. The standard InChI is InChI=1S/C22H21NO4S/c1-12-19(22(26)27-2)20(13-5-3-6-15(24)9-13)21-16(23-12)10-14(11-17(21)25)18-7-4-8-28-18/h3-10,14,20-21,23-24H,11H2,1-2H3. The van der Waals surface area contributed by atoms with E-state index < -0.39 is 17.8 Å². The molecular weight excluding hydrogens is 374 g/mol. The summed E-state index contributed by atoms with van der Waals surface area (Å²) >= 11 is 1.64. The SMILES string of the molecule is COC(=O)C1=C(C)NC2=CC(c3cccs3)CC(=O)C2C1c1cccc(O)c1. The van der Waals surface area contributed by atoms with Crippen LogP contribution in [0.2, 0.25) is 0 Å². The van der Waals surface area contributed by atoms with Gasteiger partial charge in [0.2, 0.25) is 0 Å². The highest BCUT2D eigenvalue weighted by Crippen LogP contribution is 2.46. The molecule has 2 heterocycles. The molecule has 3 unspecified atom stereocenters. The van der Waals surface area contributed by atoms with Crippen molar-refractivity contribution in [3.63, 3.8) is 0 Å². The lowest BCUT2D eigenvalue weighted by atomic mass is 9.69. The van der Waals surface area contributed by atoms with Gasteiger partial charge in [0.15, 0.2) is 0 Å². The molecule has 1 aliphatic heterocycles. The van der Waals surface area contributed by atoms with Crippen molar-refractivity contribution < 1.29 is 19.4 Å². The van der Waals surface area contributed by atoms with Crippen molar-refractivity contribution in [2.45, 2.75) is 25.2 Å². The first kappa shape index (κ1) is 18.5. The zero-order valence-electron chi connectivity index (χ0n) is 15.6. The number of rotatable bonds is 3. The number of ether oxygens (including phenoxy) is 1. The number of fused-ring (bicyclic) bond motifs is 1. The number of carbonyl (C=O) groups is 2. The van der Waals surface area contributed by atoms with Crippen LogP contribution in [0.25, 0.3) is 0 Å². The molecule has 2 N–H and O–H groups in total. The summed E-state index contributed by atoms with van der Waals surface area (Å²) in [7, 11) is 1.34. The first-order valence-corrected chi connectivity index (χ1v) is 10.0. The van der Waals surface area contributed by atoms with Crippen LogP contribution in [-0.4, -0.2) is 24.0 Å². The smallest absolute Gasteiger partial charge is 0.336 e. The van der Waals surface area contributed by atoms with E-state index in [2.05, 4.69) is 11.4 Å². The van der Waals surface area contributed by atoms with Gasteiger partial charge in [-0.3, -0.25) is 4.79 Å². The fourth-order valence-electron chi connectivity index (χ4n) is 4.22. The predicted octanol–water partition coefficient (Wildman–Crippen LogP) is 3.84. The Hall–Kier alpha value is -2.86. The highest BCUT2D eigenvalue weighted by molar-refractivity contribution is 7.10. The molecule has 4 rings (SSSR count). The molecule has 0 saturated heterocycles. The largest absolute Gasteiger partial charge is 0.508 e. The van der Waals surface area contributed by atoms with Crippen molar-refractivity contribution in [2.24, 2.45) is 5.92 Å². The number of aromatic hydroxyl groups is 1. The number of phenols is 1. The van der Waals surface area contributed by atoms with E-state index in [1.54, 1.807) is 29.5 Å². The number of thiophene rings is 1. The van der Waals surface area contributed by atoms with Crippen LogP contribution in [0.3, 0.4) is 0 Å². The molecule has 5 nitrogen and oxygen atoms in total. The lowest BCUT2D eigenvalue weighted by molar-refractivity contribution is -0.136. The molecule has 2 aromatic rings. The van der Waals surface area contributed by atoms with Crippen LogP contribution < -0.4 is 5.32 Å². The van der Waals surface area contributed by atoms with Crippen LogP contribution in [-0.2, 0) is 14.3 Å². The topological polar surface area (TPSA) is 75.6 Å². The van der Waals surface area contributed by atoms with Crippen molar-refractivity contribution in [3.05, 3.63) is 75.3 Å². The van der Waals surface area contributed by atoms with Crippen molar-refractivity contribution in [3.8, 4) is 5.75 Å². The van der Waals surface area contributed by atoms with Gasteiger partial charge in [0.25, 0.3) is 0 Å². The number of hydrogen-bond donors (Lipinski definition) is 2. The maximum absolute atomic E-state index is 13.3. The Morgan fingerprint density at radius 3 is 2.75 bits per heavy atom. The lowest BCUT2D eigenvalue weighted by Crippen LogP contribution is -2.41. The number of benzene rings is 1. The van der Waals surface area contributed by atoms with Crippen molar-refractivity contribution in [2.75, 3.05) is 7.11 Å². The number of allylic oxidation sites excluding steroid dienone is 3. The minimum atomic E-state index is -0.504. The summed E-state index contributed by atoms with van der Waals surface area (Å²) in [5.74, 6) is -1.26. The van der Waals surface area contributed by atoms with Crippen molar-refractivity contribution in [1.29, 1.82) is 0 Å². The van der Waals surface area contributed by atoms with Gasteiger partial charge in [-0.1, -0.05) is 24.3 Å². The molecule has 6 heteroatoms. The van der Waals surface area contributed by atoms with E-state index in [1.807, 2.05) is 30.5 Å². The molecule has 3 atom stereocenters. The van der Waals surface area contributed by atoms with Gasteiger partial charge in [-0.25, -0.2) is 4.79 Å². The van der Waals surface area contributed by atoms with Gasteiger partial charge in [-0.15, -0.1) is 11.3 Å². The third-order valence-corrected chi connectivity index (χ3v) is 6.41. The highest BCUT2D eigenvalue weighted by atomic mass is 32.1. The van der Waals surface area contributed by atoms with Crippen LogP contribution in [0.15, 0.2) is 64.8 Å². The number of phenolic OH excluding ortho intramolecular Hbond substituents is 1. The van der Waals surface area contributed by atoms with Crippen LogP contribution in [0.4, 0.5) is 0 Å². The summed E-state index contributed by atoms with van der Waals surface area (Å²) in [6.45, 7) is 1.82. The van der Waals surface area contributed by atoms with Gasteiger partial charge in [0.05, 0.1) is 18.6 Å². The second-order valence-electron chi connectivity index (χ2n) is 7.12. The van der Waals surface area contributed by atoms with E-state index in [4.69, 9.17) is 4.74 Å². The molecule has 0 radical (unpaired) electrons. The highest BCUT2D eigenvalue weighted by Gasteiger charge is 2.45. The first-order chi connectivity index (χ1) is 13.5. The second-order valence-corrected chi connectivity index (χ2v) is 8.10. The van der Waals surface area contributed by atoms with Gasteiger partial charge in [-0.2, -0.15) is 0 Å². The average molecular weight is 395 g/mol.